The predicted octanol–water partition coefficient (Wildman–Crippen LogP) is -27.7. The Labute approximate surface area is 290 Å². The molecule has 0 rings (SSSR count). The molecule has 0 radical (unpaired) electrons. The average molecular weight is 454 g/mol. The number of carbonyl (C=O) groups excluding carboxylic acids is 6. The molecule has 18 heteroatoms. The molecule has 0 bridgehead atoms. The zero-order valence-electron chi connectivity index (χ0n) is 16.3. The van der Waals surface area contributed by atoms with Gasteiger partial charge in [-0.2, -0.15) is 0 Å². The van der Waals surface area contributed by atoms with E-state index in [1.54, 1.807) is 0 Å². The summed E-state index contributed by atoms with van der Waals surface area (Å²) in [6, 6.07) is 0. The summed E-state index contributed by atoms with van der Waals surface area (Å²) >= 11 is 0. The van der Waals surface area contributed by atoms with Crippen LogP contribution < -0.4 is 208 Å². The first-order valence-electron chi connectivity index (χ1n) is 5.11. The van der Waals surface area contributed by atoms with E-state index < -0.39 is 59.5 Å². The van der Waals surface area contributed by atoms with Crippen molar-refractivity contribution in [2.45, 2.75) is 12.8 Å². The van der Waals surface area contributed by atoms with Crippen LogP contribution in [0.25, 0.3) is 0 Å². The van der Waals surface area contributed by atoms with Gasteiger partial charge in [-0.25, -0.2) is 0 Å². The van der Waals surface area contributed by atoms with E-state index in [-0.39, 0.29) is 177 Å². The predicted molar refractivity (Wildman–Crippen MR) is 44.1 cm³/mol. The summed E-state index contributed by atoms with van der Waals surface area (Å²) in [5, 5.41) is 65.1. The van der Waals surface area contributed by atoms with E-state index in [9.17, 15) is 59.4 Å². The van der Waals surface area contributed by atoms with Gasteiger partial charge in [0.15, 0.2) is 0 Å². The van der Waals surface area contributed by atoms with Gasteiger partial charge in [0.25, 0.3) is 0 Å². The summed E-state index contributed by atoms with van der Waals surface area (Å²) in [6.07, 6.45) is -4.60. The number of aliphatic carboxylic acids is 6. The van der Waals surface area contributed by atoms with Crippen molar-refractivity contribution in [1.82, 2.24) is 0 Å². The van der Waals surface area contributed by atoms with Gasteiger partial charge in [-0.1, -0.05) is 0 Å². The summed E-state index contributed by atoms with van der Waals surface area (Å²) in [5.74, 6) is -17.3. The van der Waals surface area contributed by atoms with E-state index in [0.29, 0.717) is 0 Å². The fourth-order valence-corrected chi connectivity index (χ4v) is 1.89. The molecule has 0 fully saturated rings. The van der Waals surface area contributed by atoms with E-state index in [4.69, 9.17) is 0 Å². The van der Waals surface area contributed by atoms with Crippen LogP contribution in [0.5, 0.6) is 0 Å². The van der Waals surface area contributed by atoms with E-state index in [2.05, 4.69) is 0 Å². The van der Waals surface area contributed by atoms with E-state index in [1.165, 1.54) is 0 Å². The monoisotopic (exact) mass is 454 g/mol. The molecule has 0 unspecified atom stereocenters. The molecule has 0 aliphatic rings. The first-order valence-corrected chi connectivity index (χ1v) is 5.11. The number of carboxylic acid groups (broad SMARTS) is 6. The zero-order valence-corrected chi connectivity index (χ0v) is 28.3. The van der Waals surface area contributed by atoms with Crippen molar-refractivity contribution in [2.75, 3.05) is 0 Å². The molecule has 0 N–H and O–H groups in total. The zero-order chi connectivity index (χ0) is 17.9. The molecule has 0 aliphatic carbocycles. The molecule has 0 spiro atoms. The summed E-state index contributed by atoms with van der Waals surface area (Å²) in [7, 11) is 0. The Hall–Kier alpha value is 2.82. The number of carbonyl (C=O) groups is 6. The third-order valence-corrected chi connectivity index (χ3v) is 2.94. The van der Waals surface area contributed by atoms with Crippen molar-refractivity contribution in [1.29, 1.82) is 0 Å². The number of hydrogen-bond donors (Lipinski definition) is 0. The van der Waals surface area contributed by atoms with Gasteiger partial charge < -0.3 is 59.4 Å². The van der Waals surface area contributed by atoms with Crippen LogP contribution in [0.1, 0.15) is 12.8 Å². The van der Waals surface area contributed by atoms with Crippen molar-refractivity contribution in [3.8, 4) is 0 Å². The third kappa shape index (κ3) is 10.6. The fourth-order valence-electron chi connectivity index (χ4n) is 1.89. The summed E-state index contributed by atoms with van der Waals surface area (Å²) in [5.41, 5.74) is -8.77. The maximum Gasteiger partial charge on any atom is 1.00 e. The van der Waals surface area contributed by atoms with Gasteiger partial charge in [0.05, 0.1) is 34.7 Å². The SMILES string of the molecule is O=C([O-])CC(C(=O)[O-])(C(=O)[O-])C(CC(=O)[O-])(C(=O)[O-])C(=O)[O-].[Na+].[Na+].[Na+].[Na+].[Na+].[Na+]. The molecule has 0 atom stereocenters. The Morgan fingerprint density at radius 3 is 0.643 bits per heavy atom. The minimum atomic E-state index is -4.39. The van der Waals surface area contributed by atoms with Gasteiger partial charge in [-0.05, 0) is 0 Å². The smallest absolute Gasteiger partial charge is 0.550 e. The number of hydrogen-bond acceptors (Lipinski definition) is 12. The Balaban J connectivity index is -0.000000147. The topological polar surface area (TPSA) is 241 Å². The van der Waals surface area contributed by atoms with E-state index in [0.717, 1.165) is 0 Å². The quantitative estimate of drug-likeness (QED) is 0.233. The Bertz CT molecular complexity index is 501. The molecule has 28 heavy (non-hydrogen) atoms. The molecule has 0 aliphatic heterocycles. The van der Waals surface area contributed by atoms with Crippen LogP contribution in [0.4, 0.5) is 0 Å². The molecule has 0 amide bonds. The van der Waals surface area contributed by atoms with Crippen LogP contribution >= 0.6 is 0 Å². The molecule has 122 valence electrons. The van der Waals surface area contributed by atoms with Gasteiger partial charge in [0.1, 0.15) is 0 Å². The molecule has 0 aromatic carbocycles. The fraction of sp³-hybridized carbons (Fsp3) is 0.400. The van der Waals surface area contributed by atoms with Crippen molar-refractivity contribution in [2.24, 2.45) is 10.8 Å². The first-order chi connectivity index (χ1) is 9.86. The Morgan fingerprint density at radius 1 is 0.429 bits per heavy atom. The van der Waals surface area contributed by atoms with Crippen LogP contribution in [-0.4, -0.2) is 35.8 Å². The van der Waals surface area contributed by atoms with Crippen LogP contribution in [0, 0.1) is 10.8 Å². The number of carboxylic acids is 6. The van der Waals surface area contributed by atoms with Crippen molar-refractivity contribution >= 4 is 35.8 Å². The first kappa shape index (κ1) is 48.3. The molecular formula is C10H4Na6O12. The molecule has 12 nitrogen and oxygen atoms in total. The second-order valence-corrected chi connectivity index (χ2v) is 4.06. The van der Waals surface area contributed by atoms with E-state index >= 15 is 0 Å². The normalized spacial score (nSPS) is 9.00. The Kier molecular flexibility index (Phi) is 35.2. The summed E-state index contributed by atoms with van der Waals surface area (Å²) in [4.78, 5) is 65.1. The average Bonchev–Trinajstić information content (AvgIpc) is 2.30. The molecule has 0 heterocycles. The van der Waals surface area contributed by atoms with E-state index in [1.807, 2.05) is 0 Å². The molecule has 0 saturated carbocycles. The molecular weight excluding hydrogens is 450 g/mol. The maximum absolute atomic E-state index is 11.0. The van der Waals surface area contributed by atoms with Crippen molar-refractivity contribution in [3.05, 3.63) is 0 Å². The second-order valence-electron chi connectivity index (χ2n) is 4.06. The largest absolute Gasteiger partial charge is 1.00 e. The van der Waals surface area contributed by atoms with Crippen molar-refractivity contribution < 1.29 is 237 Å². The van der Waals surface area contributed by atoms with Crippen LogP contribution in [0.2, 0.25) is 0 Å². The number of rotatable bonds is 9. The maximum atomic E-state index is 11.0. The van der Waals surface area contributed by atoms with Gasteiger partial charge >= 0.3 is 177 Å². The van der Waals surface area contributed by atoms with Crippen molar-refractivity contribution in [3.63, 3.8) is 0 Å². The van der Waals surface area contributed by atoms with Gasteiger partial charge in [0.2, 0.25) is 0 Å². The van der Waals surface area contributed by atoms with Gasteiger partial charge in [-0.3, -0.25) is 0 Å². The van der Waals surface area contributed by atoms with Crippen LogP contribution in [0.3, 0.4) is 0 Å². The summed E-state index contributed by atoms with van der Waals surface area (Å²) in [6.45, 7) is 0. The molecule has 0 aromatic rings. The van der Waals surface area contributed by atoms with Gasteiger partial charge in [-0.15, -0.1) is 0 Å². The summed E-state index contributed by atoms with van der Waals surface area (Å²) < 4.78 is 0. The minimum Gasteiger partial charge on any atom is -0.550 e. The van der Waals surface area contributed by atoms with Gasteiger partial charge in [0, 0.05) is 24.8 Å². The molecule has 0 aromatic heterocycles. The standard InChI is InChI=1S/C10H10O12.6Na/c11-3(12)1-9(5(15)16,6(17)18)10(7(19)20,8(21)22)2-4(13)14;;;;;;/h1-2H2,(H,11,12)(H,13,14)(H,15,16)(H,17,18)(H,19,20)(H,21,22);;;;;;/q;6*+1/p-6. The molecule has 0 saturated heterocycles. The Morgan fingerprint density at radius 2 is 0.571 bits per heavy atom. The second kappa shape index (κ2) is 20.4. The van der Waals surface area contributed by atoms with Crippen LogP contribution in [0.15, 0.2) is 0 Å². The third-order valence-electron chi connectivity index (χ3n) is 2.94. The minimum absolute atomic E-state index is 0. The van der Waals surface area contributed by atoms with Crippen LogP contribution in [-0.2, 0) is 28.8 Å².